The van der Waals surface area contributed by atoms with Gasteiger partial charge in [0, 0.05) is 13.0 Å². The summed E-state index contributed by atoms with van der Waals surface area (Å²) in [4.78, 5) is 65.3. The highest BCUT2D eigenvalue weighted by atomic mass is 16.4. The number of carbonyl (C=O) groups is 5. The normalized spacial score (nSPS) is 17.2. The molecule has 1 aliphatic rings. The zero-order valence-corrected chi connectivity index (χ0v) is 21.0. The molecule has 15 nitrogen and oxygen atoms in total. The monoisotopic (exact) mass is 527 g/mol. The van der Waals surface area contributed by atoms with Crippen molar-refractivity contribution in [2.75, 3.05) is 19.6 Å². The largest absolute Gasteiger partial charge is 0.480 e. The van der Waals surface area contributed by atoms with Crippen LogP contribution in [-0.2, 0) is 24.0 Å². The molecule has 4 atom stereocenters. The number of aliphatic carboxylic acids is 1. The van der Waals surface area contributed by atoms with Crippen LogP contribution in [0.1, 0.15) is 57.8 Å². The van der Waals surface area contributed by atoms with E-state index in [-0.39, 0.29) is 44.1 Å². The Balaban J connectivity index is 2.96. The summed E-state index contributed by atoms with van der Waals surface area (Å²) in [7, 11) is 0. The van der Waals surface area contributed by atoms with Crippen molar-refractivity contribution in [3.63, 3.8) is 0 Å². The Kier molecular flexibility index (Phi) is 14.6. The highest BCUT2D eigenvalue weighted by Gasteiger charge is 2.31. The molecule has 1 saturated heterocycles. The number of primary amides is 1. The van der Waals surface area contributed by atoms with Crippen LogP contribution in [0.4, 0.5) is 0 Å². The molecule has 0 radical (unpaired) electrons. The quantitative estimate of drug-likeness (QED) is 0.0487. The van der Waals surface area contributed by atoms with Crippen LogP contribution in [-0.4, -0.2) is 84.5 Å². The molecule has 15 heteroatoms. The van der Waals surface area contributed by atoms with Gasteiger partial charge in [-0.2, -0.15) is 0 Å². The van der Waals surface area contributed by atoms with Crippen LogP contribution in [0.15, 0.2) is 4.99 Å². The average molecular weight is 528 g/mol. The lowest BCUT2D eigenvalue weighted by atomic mass is 10.0. The Morgan fingerprint density at radius 1 is 0.892 bits per heavy atom. The van der Waals surface area contributed by atoms with Gasteiger partial charge in [-0.15, -0.1) is 0 Å². The summed E-state index contributed by atoms with van der Waals surface area (Å²) in [6.45, 7) is 1.31. The first-order valence-corrected chi connectivity index (χ1v) is 12.5. The van der Waals surface area contributed by atoms with E-state index in [4.69, 9.17) is 22.9 Å². The molecule has 37 heavy (non-hydrogen) atoms. The van der Waals surface area contributed by atoms with E-state index in [1.165, 1.54) is 0 Å². The summed E-state index contributed by atoms with van der Waals surface area (Å²) >= 11 is 0. The van der Waals surface area contributed by atoms with Crippen molar-refractivity contribution in [1.82, 2.24) is 21.3 Å². The molecular formula is C22H41N9O6. The second-order valence-corrected chi connectivity index (χ2v) is 8.91. The van der Waals surface area contributed by atoms with Crippen molar-refractivity contribution in [3.05, 3.63) is 0 Å². The predicted molar refractivity (Wildman–Crippen MR) is 136 cm³/mol. The molecule has 210 valence electrons. The summed E-state index contributed by atoms with van der Waals surface area (Å²) < 4.78 is 0. The van der Waals surface area contributed by atoms with Gasteiger partial charge in [-0.1, -0.05) is 0 Å². The van der Waals surface area contributed by atoms with Crippen molar-refractivity contribution in [2.24, 2.45) is 27.9 Å². The van der Waals surface area contributed by atoms with Gasteiger partial charge in [-0.05, 0) is 64.5 Å². The fraction of sp³-hybridized carbons (Fsp3) is 0.727. The van der Waals surface area contributed by atoms with Crippen LogP contribution < -0.4 is 44.2 Å². The van der Waals surface area contributed by atoms with Gasteiger partial charge in [0.2, 0.25) is 23.6 Å². The molecule has 0 aromatic heterocycles. The Labute approximate surface area is 215 Å². The summed E-state index contributed by atoms with van der Waals surface area (Å²) in [5.74, 6) is -3.81. The van der Waals surface area contributed by atoms with Crippen LogP contribution in [0.5, 0.6) is 0 Å². The molecule has 1 rings (SSSR count). The number of amides is 4. The van der Waals surface area contributed by atoms with Gasteiger partial charge < -0.3 is 49.3 Å². The third kappa shape index (κ3) is 12.9. The van der Waals surface area contributed by atoms with Gasteiger partial charge in [0.25, 0.3) is 0 Å². The number of rotatable bonds is 18. The smallest absolute Gasteiger partial charge is 0.326 e. The number of carboxylic acid groups (broad SMARTS) is 1. The molecule has 1 heterocycles. The van der Waals surface area contributed by atoms with Gasteiger partial charge in [0.15, 0.2) is 5.96 Å². The maximum atomic E-state index is 13.2. The highest BCUT2D eigenvalue weighted by molar-refractivity contribution is 5.94. The Bertz CT molecular complexity index is 812. The van der Waals surface area contributed by atoms with Crippen LogP contribution >= 0.6 is 0 Å². The minimum absolute atomic E-state index is 0.0962. The molecule has 0 aromatic carbocycles. The molecule has 0 aromatic rings. The Morgan fingerprint density at radius 3 is 2.05 bits per heavy atom. The van der Waals surface area contributed by atoms with E-state index in [2.05, 4.69) is 26.3 Å². The number of nitrogens with two attached hydrogens (primary N) is 4. The number of hydrogen-bond acceptors (Lipinski definition) is 8. The van der Waals surface area contributed by atoms with Crippen molar-refractivity contribution in [1.29, 1.82) is 0 Å². The molecule has 13 N–H and O–H groups in total. The molecule has 0 bridgehead atoms. The number of aliphatic imine (C=N–C) groups is 1. The third-order valence-electron chi connectivity index (χ3n) is 5.83. The van der Waals surface area contributed by atoms with Gasteiger partial charge in [0.05, 0.1) is 6.04 Å². The lowest BCUT2D eigenvalue weighted by Gasteiger charge is -2.25. The number of hydrogen-bond donors (Lipinski definition) is 9. The van der Waals surface area contributed by atoms with E-state index in [1.54, 1.807) is 0 Å². The number of nitrogens with one attached hydrogen (secondary N) is 4. The van der Waals surface area contributed by atoms with E-state index in [9.17, 15) is 29.1 Å². The number of nitrogens with zero attached hydrogens (tertiary/aromatic N) is 1. The fourth-order valence-corrected chi connectivity index (χ4v) is 3.80. The molecule has 4 unspecified atom stereocenters. The molecule has 4 amide bonds. The van der Waals surface area contributed by atoms with Crippen LogP contribution in [0.3, 0.4) is 0 Å². The van der Waals surface area contributed by atoms with Crippen LogP contribution in [0, 0.1) is 0 Å². The topological polar surface area (TPSA) is 270 Å². The van der Waals surface area contributed by atoms with Crippen molar-refractivity contribution < 1.29 is 29.1 Å². The zero-order valence-electron chi connectivity index (χ0n) is 21.0. The number of unbranched alkanes of at least 4 members (excludes halogenated alkanes) is 1. The summed E-state index contributed by atoms with van der Waals surface area (Å²) in [5.41, 5.74) is 21.3. The molecule has 1 fully saturated rings. The lowest BCUT2D eigenvalue weighted by molar-refractivity contribution is -0.142. The molecule has 0 spiro atoms. The van der Waals surface area contributed by atoms with Crippen LogP contribution in [0.25, 0.3) is 0 Å². The maximum absolute atomic E-state index is 13.2. The summed E-state index contributed by atoms with van der Waals surface area (Å²) in [5, 5.41) is 20.2. The van der Waals surface area contributed by atoms with E-state index < -0.39 is 47.9 Å². The molecule has 0 aliphatic carbocycles. The number of guanidine groups is 1. The second kappa shape index (κ2) is 17.1. The summed E-state index contributed by atoms with van der Waals surface area (Å²) in [6, 6.07) is -3.84. The third-order valence-corrected chi connectivity index (χ3v) is 5.83. The van der Waals surface area contributed by atoms with Gasteiger partial charge in [-0.3, -0.25) is 24.2 Å². The predicted octanol–water partition coefficient (Wildman–Crippen LogP) is -3.27. The number of carbonyl (C=O) groups excluding carboxylic acids is 4. The first-order chi connectivity index (χ1) is 17.5. The Morgan fingerprint density at radius 2 is 1.51 bits per heavy atom. The highest BCUT2D eigenvalue weighted by Crippen LogP contribution is 2.09. The first kappa shape index (κ1) is 31.6. The van der Waals surface area contributed by atoms with Gasteiger partial charge >= 0.3 is 5.97 Å². The molecule has 0 saturated carbocycles. The van der Waals surface area contributed by atoms with Crippen LogP contribution in [0.2, 0.25) is 0 Å². The van der Waals surface area contributed by atoms with E-state index in [1.807, 2.05) is 0 Å². The SMILES string of the molecule is NCCCCC(NC(=O)C(CCCN=C(N)N)NC(=O)C1CCCN1)C(=O)NC(CCC(N)=O)C(=O)O. The zero-order chi connectivity index (χ0) is 27.8. The number of carboxylic acids is 1. The molecular weight excluding hydrogens is 486 g/mol. The molecule has 1 aliphatic heterocycles. The second-order valence-electron chi connectivity index (χ2n) is 8.91. The standard InChI is InChI=1S/C22H41N9O6/c23-10-2-1-5-14(20(35)31-16(21(36)37)8-9-17(24)32)30-19(34)15(7-4-12-28-22(25)26)29-18(33)13-6-3-11-27-13/h13-16,27H,1-12,23H2,(H2,24,32)(H,29,33)(H,30,34)(H,31,35)(H,36,37)(H4,25,26,28). The average Bonchev–Trinajstić information content (AvgIpc) is 3.37. The van der Waals surface area contributed by atoms with Crippen molar-refractivity contribution >= 4 is 35.6 Å². The fourth-order valence-electron chi connectivity index (χ4n) is 3.80. The van der Waals surface area contributed by atoms with E-state index in [0.717, 1.165) is 6.42 Å². The van der Waals surface area contributed by atoms with E-state index >= 15 is 0 Å². The first-order valence-electron chi connectivity index (χ1n) is 12.5. The van der Waals surface area contributed by atoms with Gasteiger partial charge in [0.1, 0.15) is 18.1 Å². The van der Waals surface area contributed by atoms with Gasteiger partial charge in [-0.25, -0.2) is 4.79 Å². The van der Waals surface area contributed by atoms with Crippen molar-refractivity contribution in [2.45, 2.75) is 82.0 Å². The Hall–Kier alpha value is -3.46. The lowest BCUT2D eigenvalue weighted by Crippen LogP contribution is -2.57. The van der Waals surface area contributed by atoms with E-state index in [0.29, 0.717) is 38.8 Å². The maximum Gasteiger partial charge on any atom is 0.326 e. The summed E-state index contributed by atoms with van der Waals surface area (Å²) in [6.07, 6.45) is 2.88. The van der Waals surface area contributed by atoms with Crippen molar-refractivity contribution in [3.8, 4) is 0 Å². The minimum Gasteiger partial charge on any atom is -0.480 e. The minimum atomic E-state index is -1.36.